The van der Waals surface area contributed by atoms with E-state index in [2.05, 4.69) is 16.1 Å². The lowest BCUT2D eigenvalue weighted by molar-refractivity contribution is 0.102. The van der Waals surface area contributed by atoms with E-state index in [0.717, 1.165) is 17.1 Å². The molecule has 0 spiro atoms. The Kier molecular flexibility index (Phi) is 5.78. The molecule has 6 nitrogen and oxygen atoms in total. The topological polar surface area (TPSA) is 70.0 Å². The van der Waals surface area contributed by atoms with Crippen LogP contribution in [0.1, 0.15) is 27.5 Å². The third-order valence-electron chi connectivity index (χ3n) is 4.96. The van der Waals surface area contributed by atoms with Crippen LogP contribution < -0.4 is 5.56 Å². The average Bonchev–Trinajstić information content (AvgIpc) is 3.46. The lowest BCUT2D eigenvalue weighted by atomic mass is 10.2. The largest absolute Gasteiger partial charge is 0.467 e. The minimum atomic E-state index is -0.104. The van der Waals surface area contributed by atoms with Gasteiger partial charge >= 0.3 is 0 Å². The number of aryl methyl sites for hydroxylation is 1. The first-order valence-corrected chi connectivity index (χ1v) is 11.3. The van der Waals surface area contributed by atoms with Crippen LogP contribution in [0.3, 0.4) is 0 Å². The SMILES string of the molecule is C=CCn1c(SCC(=O)c2cc(C)n(Cc3ccco3)c2C)nc2sccc2c1=O. The molecule has 154 valence electrons. The molecule has 0 amide bonds. The van der Waals surface area contributed by atoms with Gasteiger partial charge in [-0.15, -0.1) is 17.9 Å². The van der Waals surface area contributed by atoms with Crippen molar-refractivity contribution in [1.82, 2.24) is 14.1 Å². The molecule has 0 saturated heterocycles. The molecule has 0 radical (unpaired) electrons. The summed E-state index contributed by atoms with van der Waals surface area (Å²) in [5.41, 5.74) is 2.48. The minimum Gasteiger partial charge on any atom is -0.467 e. The van der Waals surface area contributed by atoms with Gasteiger partial charge < -0.3 is 8.98 Å². The van der Waals surface area contributed by atoms with Gasteiger partial charge in [0.2, 0.25) is 0 Å². The third kappa shape index (κ3) is 3.80. The maximum atomic E-state index is 13.0. The fourth-order valence-corrected chi connectivity index (χ4v) is 5.12. The zero-order valence-electron chi connectivity index (χ0n) is 16.8. The van der Waals surface area contributed by atoms with E-state index in [9.17, 15) is 9.59 Å². The number of furan rings is 1. The number of allylic oxidation sites excluding steroid dienone is 1. The molecule has 4 heterocycles. The Balaban J connectivity index is 1.58. The van der Waals surface area contributed by atoms with Crippen LogP contribution in [0.4, 0.5) is 0 Å². The summed E-state index contributed by atoms with van der Waals surface area (Å²) >= 11 is 2.71. The first-order valence-electron chi connectivity index (χ1n) is 9.43. The fourth-order valence-electron chi connectivity index (χ4n) is 3.42. The molecule has 0 fully saturated rings. The van der Waals surface area contributed by atoms with E-state index in [-0.39, 0.29) is 17.1 Å². The summed E-state index contributed by atoms with van der Waals surface area (Å²) in [6, 6.07) is 7.46. The lowest BCUT2D eigenvalue weighted by Crippen LogP contribution is -2.22. The number of carbonyl (C=O) groups is 1. The molecule has 4 rings (SSSR count). The van der Waals surface area contributed by atoms with Crippen LogP contribution in [0.5, 0.6) is 0 Å². The highest BCUT2D eigenvalue weighted by Crippen LogP contribution is 2.24. The highest BCUT2D eigenvalue weighted by Gasteiger charge is 2.19. The summed E-state index contributed by atoms with van der Waals surface area (Å²) in [6.07, 6.45) is 3.31. The van der Waals surface area contributed by atoms with Gasteiger partial charge in [0.1, 0.15) is 10.6 Å². The van der Waals surface area contributed by atoms with E-state index in [1.54, 1.807) is 23.0 Å². The summed E-state index contributed by atoms with van der Waals surface area (Å²) in [5, 5.41) is 2.98. The molecule has 8 heteroatoms. The summed E-state index contributed by atoms with van der Waals surface area (Å²) < 4.78 is 9.08. The normalized spacial score (nSPS) is 11.3. The molecule has 0 saturated carbocycles. The van der Waals surface area contributed by atoms with Crippen molar-refractivity contribution in [3.05, 3.63) is 81.6 Å². The fraction of sp³-hybridized carbons (Fsp3) is 0.227. The Bertz CT molecular complexity index is 1280. The van der Waals surface area contributed by atoms with E-state index in [4.69, 9.17) is 4.42 Å². The summed E-state index contributed by atoms with van der Waals surface area (Å²) in [5.74, 6) is 1.04. The number of aromatic nitrogens is 3. The molecule has 0 aliphatic heterocycles. The lowest BCUT2D eigenvalue weighted by Gasteiger charge is -2.10. The van der Waals surface area contributed by atoms with Crippen LogP contribution in [-0.4, -0.2) is 25.7 Å². The number of rotatable bonds is 8. The number of fused-ring (bicyclic) bond motifs is 1. The van der Waals surface area contributed by atoms with E-state index < -0.39 is 0 Å². The first-order chi connectivity index (χ1) is 14.5. The van der Waals surface area contributed by atoms with Crippen LogP contribution in [0, 0.1) is 13.8 Å². The number of carbonyl (C=O) groups excluding carboxylic acids is 1. The van der Waals surface area contributed by atoms with Crippen molar-refractivity contribution < 1.29 is 9.21 Å². The summed E-state index contributed by atoms with van der Waals surface area (Å²) in [4.78, 5) is 31.0. The van der Waals surface area contributed by atoms with Crippen molar-refractivity contribution in [3.8, 4) is 0 Å². The Morgan fingerprint density at radius 1 is 1.33 bits per heavy atom. The number of thiophene rings is 1. The van der Waals surface area contributed by atoms with E-state index in [1.807, 2.05) is 37.4 Å². The third-order valence-corrected chi connectivity index (χ3v) is 6.74. The Morgan fingerprint density at radius 3 is 2.90 bits per heavy atom. The molecular weight excluding hydrogens is 418 g/mol. The van der Waals surface area contributed by atoms with E-state index in [0.29, 0.717) is 34.0 Å². The van der Waals surface area contributed by atoms with Crippen molar-refractivity contribution in [3.63, 3.8) is 0 Å². The molecule has 0 atom stereocenters. The highest BCUT2D eigenvalue weighted by atomic mass is 32.2. The van der Waals surface area contributed by atoms with Crippen LogP contribution in [0.25, 0.3) is 10.2 Å². The number of nitrogens with zero attached hydrogens (tertiary/aromatic N) is 3. The van der Waals surface area contributed by atoms with E-state index in [1.165, 1.54) is 23.1 Å². The minimum absolute atomic E-state index is 0.00414. The maximum Gasteiger partial charge on any atom is 0.263 e. The van der Waals surface area contributed by atoms with Crippen LogP contribution in [-0.2, 0) is 13.1 Å². The second-order valence-electron chi connectivity index (χ2n) is 6.90. The van der Waals surface area contributed by atoms with Gasteiger partial charge in [-0.1, -0.05) is 17.8 Å². The van der Waals surface area contributed by atoms with Crippen molar-refractivity contribution in [1.29, 1.82) is 0 Å². The van der Waals surface area contributed by atoms with Gasteiger partial charge in [-0.25, -0.2) is 4.98 Å². The molecule has 4 aromatic heterocycles. The van der Waals surface area contributed by atoms with Gasteiger partial charge in [0, 0.05) is 23.5 Å². The zero-order valence-corrected chi connectivity index (χ0v) is 18.4. The zero-order chi connectivity index (χ0) is 21.3. The average molecular weight is 440 g/mol. The van der Waals surface area contributed by atoms with Crippen LogP contribution in [0.2, 0.25) is 0 Å². The molecule has 0 unspecified atom stereocenters. The van der Waals surface area contributed by atoms with Gasteiger partial charge in [-0.2, -0.15) is 0 Å². The summed E-state index contributed by atoms with van der Waals surface area (Å²) in [7, 11) is 0. The number of hydrogen-bond acceptors (Lipinski definition) is 6. The maximum absolute atomic E-state index is 13.0. The van der Waals surface area contributed by atoms with Crippen LogP contribution >= 0.6 is 23.1 Å². The van der Waals surface area contributed by atoms with Gasteiger partial charge in [-0.05, 0) is 43.5 Å². The summed E-state index contributed by atoms with van der Waals surface area (Å²) in [6.45, 7) is 8.59. The predicted octanol–water partition coefficient (Wildman–Crippen LogP) is 4.68. The predicted molar refractivity (Wildman–Crippen MR) is 121 cm³/mol. The number of hydrogen-bond donors (Lipinski definition) is 0. The number of ketones is 1. The Morgan fingerprint density at radius 2 is 2.17 bits per heavy atom. The van der Waals surface area contributed by atoms with Gasteiger partial charge in [0.05, 0.1) is 23.9 Å². The quantitative estimate of drug-likeness (QED) is 0.173. The Hall–Kier alpha value is -2.84. The van der Waals surface area contributed by atoms with Gasteiger partial charge in [0.15, 0.2) is 10.9 Å². The monoisotopic (exact) mass is 439 g/mol. The first kappa shape index (κ1) is 20.4. The molecule has 30 heavy (non-hydrogen) atoms. The van der Waals surface area contributed by atoms with Gasteiger partial charge in [0.25, 0.3) is 5.56 Å². The molecular formula is C22H21N3O3S2. The van der Waals surface area contributed by atoms with Gasteiger partial charge in [-0.3, -0.25) is 14.2 Å². The van der Waals surface area contributed by atoms with Crippen LogP contribution in [0.15, 0.2) is 62.9 Å². The highest BCUT2D eigenvalue weighted by molar-refractivity contribution is 7.99. The number of Topliss-reactive ketones (excluding diaryl/α,β-unsaturated/α-hetero) is 1. The smallest absolute Gasteiger partial charge is 0.263 e. The Labute approximate surface area is 181 Å². The van der Waals surface area contributed by atoms with Crippen molar-refractivity contribution in [2.75, 3.05) is 5.75 Å². The molecule has 4 aromatic rings. The van der Waals surface area contributed by atoms with E-state index >= 15 is 0 Å². The van der Waals surface area contributed by atoms with Crippen molar-refractivity contribution in [2.45, 2.75) is 32.1 Å². The second-order valence-corrected chi connectivity index (χ2v) is 8.74. The van der Waals surface area contributed by atoms with Crippen molar-refractivity contribution in [2.24, 2.45) is 0 Å². The van der Waals surface area contributed by atoms with Crippen molar-refractivity contribution >= 4 is 39.1 Å². The molecule has 0 aliphatic rings. The second kappa shape index (κ2) is 8.49. The molecule has 0 aliphatic carbocycles. The standard InChI is InChI=1S/C22H21N3O3S2/c1-4-8-24-21(27)17-7-10-29-20(17)23-22(24)30-13-19(26)18-11-14(2)25(15(18)3)12-16-6-5-9-28-16/h4-7,9-11H,1,8,12-13H2,2-3H3. The molecule has 0 aromatic carbocycles. The molecule has 0 N–H and O–H groups in total. The molecule has 0 bridgehead atoms. The number of thioether (sulfide) groups is 1.